The lowest BCUT2D eigenvalue weighted by molar-refractivity contribution is 0.0720. The number of carbonyl (C=O) groups is 1. The number of rotatable bonds is 7. The van der Waals surface area contributed by atoms with Crippen LogP contribution in [-0.4, -0.2) is 43.0 Å². The van der Waals surface area contributed by atoms with Gasteiger partial charge in [0.25, 0.3) is 0 Å². The maximum Gasteiger partial charge on any atom is 0.164 e. The largest absolute Gasteiger partial charge is 0.377 e. The van der Waals surface area contributed by atoms with Crippen molar-refractivity contribution in [2.24, 2.45) is 0 Å². The molecule has 1 heterocycles. The second kappa shape index (κ2) is 7.50. The lowest BCUT2D eigenvalue weighted by Crippen LogP contribution is -2.33. The summed E-state index contributed by atoms with van der Waals surface area (Å²) >= 11 is 0. The number of nitrogens with zero attached hydrogens (tertiary/aromatic N) is 1. The minimum absolute atomic E-state index is 0.0655. The van der Waals surface area contributed by atoms with E-state index < -0.39 is 0 Å². The molecule has 110 valence electrons. The number of likely N-dealkylation sites (N-methyl/N-ethyl adjacent to an activating group) is 1. The summed E-state index contributed by atoms with van der Waals surface area (Å²) in [6, 6.07) is 5.76. The van der Waals surface area contributed by atoms with Crippen molar-refractivity contribution in [1.82, 2.24) is 4.90 Å². The zero-order valence-corrected chi connectivity index (χ0v) is 12.0. The summed E-state index contributed by atoms with van der Waals surface area (Å²) in [6.07, 6.45) is 3.03. The molecule has 0 bridgehead atoms. The third kappa shape index (κ3) is 4.39. The van der Waals surface area contributed by atoms with Gasteiger partial charge in [0.05, 0.1) is 6.10 Å². The molecule has 0 radical (unpaired) electrons. The molecule has 0 aliphatic carbocycles. The van der Waals surface area contributed by atoms with Gasteiger partial charge in [0.2, 0.25) is 0 Å². The van der Waals surface area contributed by atoms with E-state index in [1.165, 1.54) is 12.1 Å². The van der Waals surface area contributed by atoms with Crippen molar-refractivity contribution < 1.29 is 13.9 Å². The lowest BCUT2D eigenvalue weighted by atomic mass is 10.1. The molecule has 3 nitrogen and oxygen atoms in total. The first kappa shape index (κ1) is 15.1. The van der Waals surface area contributed by atoms with Gasteiger partial charge in [0.1, 0.15) is 5.82 Å². The molecule has 1 fully saturated rings. The Morgan fingerprint density at radius 2 is 2.15 bits per heavy atom. The van der Waals surface area contributed by atoms with Gasteiger partial charge in [-0.15, -0.1) is 0 Å². The highest BCUT2D eigenvalue weighted by Crippen LogP contribution is 2.14. The molecule has 1 aliphatic rings. The van der Waals surface area contributed by atoms with Crippen LogP contribution in [0.15, 0.2) is 24.3 Å². The van der Waals surface area contributed by atoms with E-state index in [1.807, 2.05) is 0 Å². The molecule has 1 aliphatic heterocycles. The molecular formula is C16H22FNO2. The van der Waals surface area contributed by atoms with Crippen molar-refractivity contribution in [2.75, 3.05) is 26.2 Å². The average molecular weight is 279 g/mol. The molecule has 0 spiro atoms. The van der Waals surface area contributed by atoms with E-state index in [0.717, 1.165) is 39.1 Å². The fourth-order valence-corrected chi connectivity index (χ4v) is 2.49. The van der Waals surface area contributed by atoms with E-state index >= 15 is 0 Å². The number of ketones is 1. The normalized spacial score (nSPS) is 18.6. The summed E-state index contributed by atoms with van der Waals surface area (Å²) < 4.78 is 18.4. The predicted molar refractivity (Wildman–Crippen MR) is 76.4 cm³/mol. The lowest BCUT2D eigenvalue weighted by Gasteiger charge is -2.23. The summed E-state index contributed by atoms with van der Waals surface area (Å²) in [5.74, 6) is -0.245. The minimum Gasteiger partial charge on any atom is -0.377 e. The Morgan fingerprint density at radius 1 is 1.40 bits per heavy atom. The zero-order chi connectivity index (χ0) is 14.4. The van der Waals surface area contributed by atoms with E-state index in [4.69, 9.17) is 4.74 Å². The summed E-state index contributed by atoms with van der Waals surface area (Å²) in [7, 11) is 0. The Kier molecular flexibility index (Phi) is 5.68. The summed E-state index contributed by atoms with van der Waals surface area (Å²) in [6.45, 7) is 5.49. The van der Waals surface area contributed by atoms with Crippen LogP contribution in [0.25, 0.3) is 0 Å². The van der Waals surface area contributed by atoms with E-state index in [-0.39, 0.29) is 11.6 Å². The van der Waals surface area contributed by atoms with Gasteiger partial charge in [0.15, 0.2) is 5.78 Å². The van der Waals surface area contributed by atoms with Crippen molar-refractivity contribution in [3.05, 3.63) is 35.6 Å². The summed E-state index contributed by atoms with van der Waals surface area (Å²) in [4.78, 5) is 14.3. The molecule has 4 heteroatoms. The first-order valence-electron chi connectivity index (χ1n) is 7.31. The highest BCUT2D eigenvalue weighted by molar-refractivity contribution is 5.96. The van der Waals surface area contributed by atoms with E-state index in [2.05, 4.69) is 11.8 Å². The van der Waals surface area contributed by atoms with E-state index in [1.54, 1.807) is 12.1 Å². The van der Waals surface area contributed by atoms with Crippen molar-refractivity contribution in [3.8, 4) is 0 Å². The fraction of sp³-hybridized carbons (Fsp3) is 0.562. The molecule has 0 saturated carbocycles. The van der Waals surface area contributed by atoms with Crippen molar-refractivity contribution >= 4 is 5.78 Å². The van der Waals surface area contributed by atoms with E-state index in [0.29, 0.717) is 18.1 Å². The summed E-state index contributed by atoms with van der Waals surface area (Å²) in [5.41, 5.74) is 0.583. The number of Topliss-reactive ketones (excluding diaryl/α,β-unsaturated/α-hetero) is 1. The average Bonchev–Trinajstić information content (AvgIpc) is 2.96. The maximum atomic E-state index is 12.8. The highest BCUT2D eigenvalue weighted by atomic mass is 19.1. The smallest absolute Gasteiger partial charge is 0.164 e. The Hall–Kier alpha value is -1.26. The molecular weight excluding hydrogens is 257 g/mol. The topological polar surface area (TPSA) is 29.5 Å². The van der Waals surface area contributed by atoms with Gasteiger partial charge in [0, 0.05) is 31.7 Å². The van der Waals surface area contributed by atoms with Crippen LogP contribution in [0.5, 0.6) is 0 Å². The van der Waals surface area contributed by atoms with Gasteiger partial charge >= 0.3 is 0 Å². The van der Waals surface area contributed by atoms with Gasteiger partial charge in [-0.05, 0) is 43.7 Å². The van der Waals surface area contributed by atoms with Gasteiger partial charge in [-0.2, -0.15) is 0 Å². The van der Waals surface area contributed by atoms with E-state index in [9.17, 15) is 9.18 Å². The van der Waals surface area contributed by atoms with Crippen LogP contribution in [0.1, 0.15) is 36.5 Å². The third-order valence-corrected chi connectivity index (χ3v) is 3.75. The van der Waals surface area contributed by atoms with Crippen LogP contribution in [-0.2, 0) is 4.74 Å². The highest BCUT2D eigenvalue weighted by Gasteiger charge is 2.19. The zero-order valence-electron chi connectivity index (χ0n) is 12.0. The number of carbonyl (C=O) groups excluding carboxylic acids is 1. The quantitative estimate of drug-likeness (QED) is 0.719. The monoisotopic (exact) mass is 279 g/mol. The molecule has 0 N–H and O–H groups in total. The standard InChI is InChI=1S/C16H22FNO2/c1-2-18(12-15-4-3-11-20-15)10-9-16(19)13-5-7-14(17)8-6-13/h5-8,15H,2-4,9-12H2,1H3. The van der Waals surface area contributed by atoms with Crippen LogP contribution in [0.4, 0.5) is 4.39 Å². The molecule has 1 saturated heterocycles. The maximum absolute atomic E-state index is 12.8. The number of hydrogen-bond acceptors (Lipinski definition) is 3. The molecule has 1 aromatic rings. The van der Waals surface area contributed by atoms with Crippen LogP contribution < -0.4 is 0 Å². The molecule has 1 aromatic carbocycles. The van der Waals surface area contributed by atoms with Gasteiger partial charge in [-0.1, -0.05) is 6.92 Å². The Balaban J connectivity index is 1.79. The SMILES string of the molecule is CCN(CCC(=O)c1ccc(F)cc1)CC1CCCO1. The third-order valence-electron chi connectivity index (χ3n) is 3.75. The molecule has 1 unspecified atom stereocenters. The number of benzene rings is 1. The van der Waals surface area contributed by atoms with Gasteiger partial charge in [-0.3, -0.25) is 4.79 Å². The van der Waals surface area contributed by atoms with Gasteiger partial charge in [-0.25, -0.2) is 4.39 Å². The second-order valence-electron chi connectivity index (χ2n) is 5.21. The first-order chi connectivity index (χ1) is 9.69. The molecule has 0 amide bonds. The number of ether oxygens (including phenoxy) is 1. The van der Waals surface area contributed by atoms with Gasteiger partial charge < -0.3 is 9.64 Å². The molecule has 0 aromatic heterocycles. The first-order valence-corrected chi connectivity index (χ1v) is 7.31. The Labute approximate surface area is 119 Å². The van der Waals surface area contributed by atoms with Crippen molar-refractivity contribution in [1.29, 1.82) is 0 Å². The number of hydrogen-bond donors (Lipinski definition) is 0. The fourth-order valence-electron chi connectivity index (χ4n) is 2.49. The van der Waals surface area contributed by atoms with Crippen LogP contribution >= 0.6 is 0 Å². The van der Waals surface area contributed by atoms with Crippen LogP contribution in [0.2, 0.25) is 0 Å². The van der Waals surface area contributed by atoms with Crippen LogP contribution in [0, 0.1) is 5.82 Å². The molecule has 1 atom stereocenters. The van der Waals surface area contributed by atoms with Crippen molar-refractivity contribution in [2.45, 2.75) is 32.3 Å². The summed E-state index contributed by atoms with van der Waals surface area (Å²) in [5, 5.41) is 0. The van der Waals surface area contributed by atoms with Crippen molar-refractivity contribution in [3.63, 3.8) is 0 Å². The van der Waals surface area contributed by atoms with Crippen LogP contribution in [0.3, 0.4) is 0 Å². The Morgan fingerprint density at radius 3 is 2.75 bits per heavy atom. The second-order valence-corrected chi connectivity index (χ2v) is 5.21. The predicted octanol–water partition coefficient (Wildman–Crippen LogP) is 2.90. The minimum atomic E-state index is -0.310. The molecule has 2 rings (SSSR count). The molecule has 20 heavy (non-hydrogen) atoms. The Bertz CT molecular complexity index is 427. The number of halogens is 1.